The Morgan fingerprint density at radius 2 is 1.09 bits per heavy atom. The van der Waals surface area contributed by atoms with Crippen molar-refractivity contribution in [2.24, 2.45) is 0 Å². The summed E-state index contributed by atoms with van der Waals surface area (Å²) in [6.07, 6.45) is 2.55. The number of hydrogen-bond acceptors (Lipinski definition) is 5. The quantitative estimate of drug-likeness (QED) is 0.215. The van der Waals surface area contributed by atoms with Crippen molar-refractivity contribution in [1.82, 2.24) is 0 Å². The molecule has 0 spiro atoms. The van der Waals surface area contributed by atoms with Crippen LogP contribution in [0.3, 0.4) is 0 Å². The summed E-state index contributed by atoms with van der Waals surface area (Å²) in [4.78, 5) is 0. The Morgan fingerprint density at radius 1 is 0.714 bits per heavy atom. The van der Waals surface area contributed by atoms with E-state index in [1.165, 1.54) is 11.1 Å². The van der Waals surface area contributed by atoms with Gasteiger partial charge in [0.15, 0.2) is 16.6 Å². The van der Waals surface area contributed by atoms with Gasteiger partial charge in [-0.1, -0.05) is 50.2 Å². The Bertz CT molecular complexity index is 894. The molecular formula is C28H42O5Si2. The molecule has 0 N–H and O–H groups in total. The fourth-order valence-corrected chi connectivity index (χ4v) is 16.0. The molecule has 0 aliphatic carbocycles. The summed E-state index contributed by atoms with van der Waals surface area (Å²) in [5.74, 6) is 1.96. The lowest BCUT2D eigenvalue weighted by Gasteiger charge is -2.43. The molecule has 4 unspecified atom stereocenters. The lowest BCUT2D eigenvalue weighted by Crippen LogP contribution is -2.51. The molecular weight excluding hydrogens is 472 g/mol. The molecule has 5 nitrogen and oxygen atoms in total. The number of rotatable bonds is 14. The van der Waals surface area contributed by atoms with Crippen LogP contribution in [0.4, 0.5) is 0 Å². The smallest absolute Gasteiger partial charge is 0.181 e. The van der Waals surface area contributed by atoms with E-state index in [1.807, 2.05) is 0 Å². The maximum absolute atomic E-state index is 7.34. The zero-order valence-corrected chi connectivity index (χ0v) is 24.2. The van der Waals surface area contributed by atoms with Crippen LogP contribution in [0, 0.1) is 0 Å². The maximum atomic E-state index is 7.34. The van der Waals surface area contributed by atoms with E-state index < -0.39 is 16.6 Å². The van der Waals surface area contributed by atoms with Gasteiger partial charge in [0.05, 0.1) is 13.2 Å². The highest BCUT2D eigenvalue weighted by atomic mass is 28.4. The first-order chi connectivity index (χ1) is 16.7. The highest BCUT2D eigenvalue weighted by molar-refractivity contribution is 6.86. The Hall–Kier alpha value is -1.65. The first-order valence-corrected chi connectivity index (χ1v) is 19.1. The molecule has 2 aromatic rings. The van der Waals surface area contributed by atoms with Gasteiger partial charge in [-0.05, 0) is 62.3 Å². The molecule has 2 fully saturated rings. The number of para-hydroxylation sites is 2. The van der Waals surface area contributed by atoms with Crippen LogP contribution >= 0.6 is 0 Å². The summed E-state index contributed by atoms with van der Waals surface area (Å²) >= 11 is 0. The molecule has 0 amide bonds. The van der Waals surface area contributed by atoms with Gasteiger partial charge in [-0.15, -0.1) is 0 Å². The third-order valence-corrected chi connectivity index (χ3v) is 16.3. The average Bonchev–Trinajstić information content (AvgIpc) is 3.73. The predicted molar refractivity (Wildman–Crippen MR) is 145 cm³/mol. The molecule has 2 saturated heterocycles. The zero-order chi connectivity index (χ0) is 25.1. The minimum atomic E-state index is -2.15. The molecule has 0 aromatic heterocycles. The van der Waals surface area contributed by atoms with Crippen molar-refractivity contribution in [2.75, 3.05) is 26.4 Å². The van der Waals surface area contributed by atoms with Gasteiger partial charge in [0, 0.05) is 11.1 Å². The van der Waals surface area contributed by atoms with Gasteiger partial charge in [-0.3, -0.25) is 0 Å². The monoisotopic (exact) mass is 514 g/mol. The van der Waals surface area contributed by atoms with Crippen LogP contribution in [-0.2, 0) is 13.6 Å². The Morgan fingerprint density at radius 3 is 1.43 bits per heavy atom. The van der Waals surface area contributed by atoms with Crippen LogP contribution in [0.5, 0.6) is 11.5 Å². The number of ether oxygens (including phenoxy) is 4. The van der Waals surface area contributed by atoms with Crippen molar-refractivity contribution in [1.29, 1.82) is 0 Å². The van der Waals surface area contributed by atoms with Crippen molar-refractivity contribution in [3.63, 3.8) is 0 Å². The Labute approximate surface area is 213 Å². The predicted octanol–water partition coefficient (Wildman–Crippen LogP) is 6.43. The molecule has 0 radical (unpaired) electrons. The minimum absolute atomic E-state index is 0.245. The molecule has 4 atom stereocenters. The lowest BCUT2D eigenvalue weighted by atomic mass is 10.1. The highest BCUT2D eigenvalue weighted by Gasteiger charge is 2.44. The van der Waals surface area contributed by atoms with Crippen molar-refractivity contribution in [3.8, 4) is 11.5 Å². The summed E-state index contributed by atoms with van der Waals surface area (Å²) in [6, 6.07) is 17.0. The second-order valence-electron chi connectivity index (χ2n) is 10.8. The van der Waals surface area contributed by atoms with E-state index >= 15 is 0 Å². The zero-order valence-electron chi connectivity index (χ0n) is 22.2. The Kier molecular flexibility index (Phi) is 8.43. The second kappa shape index (κ2) is 11.2. The Balaban J connectivity index is 1.55. The molecule has 2 heterocycles. The maximum Gasteiger partial charge on any atom is 0.181 e. The van der Waals surface area contributed by atoms with E-state index in [-0.39, 0.29) is 12.2 Å². The van der Waals surface area contributed by atoms with Gasteiger partial charge in [0.1, 0.15) is 36.9 Å². The largest absolute Gasteiger partial charge is 0.491 e. The molecule has 2 aromatic carbocycles. The summed E-state index contributed by atoms with van der Waals surface area (Å²) in [6.45, 7) is 16.9. The average molecular weight is 515 g/mol. The standard InChI is InChI=1S/C28H42O5Si2/c1-7-27(23-13-9-11-15-25(23)31-19-21-17-29-21)34(3,4)33-35(5,6)28(8-2)24-14-10-12-16-26(24)32-20-22-18-30-22/h9-16,21-22,27-28H,7-8,17-20H2,1-6H3. The van der Waals surface area contributed by atoms with Gasteiger partial charge < -0.3 is 23.1 Å². The summed E-state index contributed by atoms with van der Waals surface area (Å²) < 4.78 is 30.5. The molecule has 4 rings (SSSR count). The lowest BCUT2D eigenvalue weighted by molar-refractivity contribution is 0.260. The van der Waals surface area contributed by atoms with Crippen LogP contribution in [0.2, 0.25) is 26.2 Å². The molecule has 192 valence electrons. The summed E-state index contributed by atoms with van der Waals surface area (Å²) in [5.41, 5.74) is 3.25. The van der Waals surface area contributed by atoms with E-state index in [0.717, 1.165) is 37.6 Å². The van der Waals surface area contributed by atoms with Crippen LogP contribution in [-0.4, -0.2) is 55.3 Å². The third kappa shape index (κ3) is 6.77. The van der Waals surface area contributed by atoms with E-state index in [9.17, 15) is 0 Å². The van der Waals surface area contributed by atoms with Gasteiger partial charge in [0.25, 0.3) is 0 Å². The van der Waals surface area contributed by atoms with Crippen molar-refractivity contribution >= 4 is 16.6 Å². The minimum Gasteiger partial charge on any atom is -0.491 e. The third-order valence-electron chi connectivity index (χ3n) is 7.26. The van der Waals surface area contributed by atoms with Crippen LogP contribution in [0.1, 0.15) is 48.9 Å². The second-order valence-corrected chi connectivity index (χ2v) is 19.5. The van der Waals surface area contributed by atoms with Crippen molar-refractivity contribution in [3.05, 3.63) is 59.7 Å². The highest BCUT2D eigenvalue weighted by Crippen LogP contribution is 2.42. The van der Waals surface area contributed by atoms with Crippen LogP contribution in [0.25, 0.3) is 0 Å². The van der Waals surface area contributed by atoms with E-state index in [4.69, 9.17) is 23.1 Å². The van der Waals surface area contributed by atoms with Crippen LogP contribution in [0.15, 0.2) is 48.5 Å². The SMILES string of the molecule is CCC(c1ccccc1OCC1CO1)[Si](C)(C)O[Si](C)(C)C(CC)c1ccccc1OCC1CO1. The van der Waals surface area contributed by atoms with E-state index in [2.05, 4.69) is 88.6 Å². The number of benzene rings is 2. The molecule has 35 heavy (non-hydrogen) atoms. The van der Waals surface area contributed by atoms with E-state index in [1.54, 1.807) is 0 Å². The summed E-state index contributed by atoms with van der Waals surface area (Å²) in [5, 5.41) is 0. The van der Waals surface area contributed by atoms with Crippen molar-refractivity contribution < 1.29 is 23.1 Å². The molecule has 2 aliphatic rings. The molecule has 7 heteroatoms. The van der Waals surface area contributed by atoms with Gasteiger partial charge >= 0.3 is 0 Å². The van der Waals surface area contributed by atoms with Crippen molar-refractivity contribution in [2.45, 2.75) is 76.2 Å². The first-order valence-electron chi connectivity index (χ1n) is 13.1. The topological polar surface area (TPSA) is 52.8 Å². The number of hydrogen-bond donors (Lipinski definition) is 0. The van der Waals surface area contributed by atoms with Gasteiger partial charge in [-0.25, -0.2) is 0 Å². The molecule has 0 bridgehead atoms. The fraction of sp³-hybridized carbons (Fsp3) is 0.571. The van der Waals surface area contributed by atoms with Crippen LogP contribution < -0.4 is 9.47 Å². The van der Waals surface area contributed by atoms with Gasteiger partial charge in [-0.2, -0.15) is 0 Å². The molecule has 2 aliphatic heterocycles. The first kappa shape index (κ1) is 26.4. The van der Waals surface area contributed by atoms with Gasteiger partial charge in [0.2, 0.25) is 0 Å². The fourth-order valence-electron chi connectivity index (χ4n) is 5.49. The summed E-state index contributed by atoms with van der Waals surface area (Å²) in [7, 11) is -4.29. The van der Waals surface area contributed by atoms with E-state index in [0.29, 0.717) is 24.3 Å². The number of epoxide rings is 2. The molecule has 0 saturated carbocycles. The normalized spacial score (nSPS) is 21.3.